The van der Waals surface area contributed by atoms with Crippen LogP contribution >= 0.6 is 0 Å². The fraction of sp³-hybridized carbons (Fsp3) is 0.188. The lowest BCUT2D eigenvalue weighted by Gasteiger charge is -2.17. The summed E-state index contributed by atoms with van der Waals surface area (Å²) in [5.74, 6) is 0.459. The van der Waals surface area contributed by atoms with Crippen LogP contribution in [0, 0.1) is 0 Å². The Morgan fingerprint density at radius 2 is 2.00 bits per heavy atom. The first-order valence-corrected chi connectivity index (χ1v) is 8.95. The van der Waals surface area contributed by atoms with Gasteiger partial charge in [-0.1, -0.05) is 6.07 Å². The minimum absolute atomic E-state index is 0.145. The van der Waals surface area contributed by atoms with E-state index in [4.69, 9.17) is 4.42 Å². The van der Waals surface area contributed by atoms with Crippen LogP contribution < -0.4 is 4.72 Å². The number of sulfonamides is 1. The van der Waals surface area contributed by atoms with Crippen LogP contribution in [0.4, 0.5) is 13.2 Å². The Kier molecular flexibility index (Phi) is 4.88. The second-order valence-electron chi connectivity index (χ2n) is 5.39. The molecule has 0 saturated heterocycles. The van der Waals surface area contributed by atoms with Gasteiger partial charge in [-0.25, -0.2) is 13.1 Å². The van der Waals surface area contributed by atoms with Gasteiger partial charge in [0.2, 0.25) is 10.0 Å². The molecule has 138 valence electrons. The standard InChI is InChI=1S/C16H14F3N3O3S/c17-16(18,19)12-4-1-5-13(10-12)26(23,24)21-11-14(15-6-2-9-25-15)22-8-3-7-20-22/h1-10,14,21H,11H2. The number of aromatic nitrogens is 2. The Hall–Kier alpha value is -2.59. The highest BCUT2D eigenvalue weighted by Gasteiger charge is 2.32. The summed E-state index contributed by atoms with van der Waals surface area (Å²) >= 11 is 0. The summed E-state index contributed by atoms with van der Waals surface area (Å²) in [6.45, 7) is -0.145. The first-order chi connectivity index (χ1) is 12.3. The van der Waals surface area contributed by atoms with E-state index in [0.29, 0.717) is 11.8 Å². The van der Waals surface area contributed by atoms with E-state index in [9.17, 15) is 21.6 Å². The Balaban J connectivity index is 1.83. The van der Waals surface area contributed by atoms with E-state index in [0.717, 1.165) is 18.2 Å². The molecule has 0 aliphatic heterocycles. The van der Waals surface area contributed by atoms with Crippen molar-refractivity contribution in [3.63, 3.8) is 0 Å². The van der Waals surface area contributed by atoms with Gasteiger partial charge in [-0.15, -0.1) is 0 Å². The number of alkyl halides is 3. The van der Waals surface area contributed by atoms with Gasteiger partial charge in [0.1, 0.15) is 11.8 Å². The van der Waals surface area contributed by atoms with Crippen LogP contribution in [-0.2, 0) is 16.2 Å². The van der Waals surface area contributed by atoms with E-state index >= 15 is 0 Å². The highest BCUT2D eigenvalue weighted by Crippen LogP contribution is 2.30. The molecule has 0 radical (unpaired) electrons. The van der Waals surface area contributed by atoms with Crippen molar-refractivity contribution in [1.82, 2.24) is 14.5 Å². The van der Waals surface area contributed by atoms with Gasteiger partial charge in [0.25, 0.3) is 0 Å². The van der Waals surface area contributed by atoms with Crippen molar-refractivity contribution in [3.05, 3.63) is 72.4 Å². The maximum atomic E-state index is 12.8. The molecule has 0 amide bonds. The first-order valence-electron chi connectivity index (χ1n) is 7.47. The second-order valence-corrected chi connectivity index (χ2v) is 7.16. The Morgan fingerprint density at radius 3 is 2.62 bits per heavy atom. The van der Waals surface area contributed by atoms with Crippen molar-refractivity contribution in [3.8, 4) is 0 Å². The predicted molar refractivity (Wildman–Crippen MR) is 85.7 cm³/mol. The molecule has 1 aromatic carbocycles. The molecule has 0 fully saturated rings. The number of hydrogen-bond acceptors (Lipinski definition) is 4. The van der Waals surface area contributed by atoms with E-state index in [1.165, 1.54) is 17.1 Å². The smallest absolute Gasteiger partial charge is 0.416 e. The minimum Gasteiger partial charge on any atom is -0.467 e. The normalized spacial score (nSPS) is 13.7. The monoisotopic (exact) mass is 385 g/mol. The molecular weight excluding hydrogens is 371 g/mol. The molecule has 26 heavy (non-hydrogen) atoms. The summed E-state index contributed by atoms with van der Waals surface area (Å²) < 4.78 is 72.4. The van der Waals surface area contributed by atoms with Crippen LogP contribution in [0.15, 0.2) is 70.4 Å². The van der Waals surface area contributed by atoms with Crippen molar-refractivity contribution in [2.75, 3.05) is 6.54 Å². The molecule has 0 spiro atoms. The van der Waals surface area contributed by atoms with Gasteiger partial charge in [-0.05, 0) is 36.4 Å². The maximum absolute atomic E-state index is 12.8. The lowest BCUT2D eigenvalue weighted by Crippen LogP contribution is -2.31. The molecule has 6 nitrogen and oxygen atoms in total. The number of halogens is 3. The zero-order valence-corrected chi connectivity index (χ0v) is 14.0. The molecule has 3 rings (SSSR count). The van der Waals surface area contributed by atoms with Gasteiger partial charge in [-0.2, -0.15) is 18.3 Å². The second kappa shape index (κ2) is 6.96. The van der Waals surface area contributed by atoms with Crippen LogP contribution in [0.1, 0.15) is 17.4 Å². The van der Waals surface area contributed by atoms with Gasteiger partial charge < -0.3 is 4.42 Å². The molecule has 1 atom stereocenters. The van der Waals surface area contributed by atoms with Gasteiger partial charge in [0.05, 0.1) is 16.7 Å². The third-order valence-electron chi connectivity index (χ3n) is 3.65. The lowest BCUT2D eigenvalue weighted by atomic mass is 10.2. The number of hydrogen-bond donors (Lipinski definition) is 1. The molecular formula is C16H14F3N3O3S. The summed E-state index contributed by atoms with van der Waals surface area (Å²) in [6.07, 6.45) is -0.0343. The number of nitrogens with one attached hydrogen (secondary N) is 1. The highest BCUT2D eigenvalue weighted by atomic mass is 32.2. The van der Waals surface area contributed by atoms with E-state index in [1.54, 1.807) is 24.4 Å². The Morgan fingerprint density at radius 1 is 1.19 bits per heavy atom. The van der Waals surface area contributed by atoms with Crippen molar-refractivity contribution in [1.29, 1.82) is 0 Å². The minimum atomic E-state index is -4.63. The SMILES string of the molecule is O=S(=O)(NCC(c1ccco1)n1cccn1)c1cccc(C(F)(F)F)c1. The molecule has 2 heterocycles. The number of benzene rings is 1. The van der Waals surface area contributed by atoms with E-state index in [-0.39, 0.29) is 6.54 Å². The molecule has 0 aliphatic carbocycles. The molecule has 10 heteroatoms. The zero-order chi connectivity index (χ0) is 18.8. The summed E-state index contributed by atoms with van der Waals surface area (Å²) in [6, 6.07) is 7.95. The van der Waals surface area contributed by atoms with Gasteiger partial charge in [0, 0.05) is 18.9 Å². The van der Waals surface area contributed by atoms with Crippen molar-refractivity contribution in [2.24, 2.45) is 0 Å². The van der Waals surface area contributed by atoms with Crippen LogP contribution in [-0.4, -0.2) is 24.7 Å². The predicted octanol–water partition coefficient (Wildman–Crippen LogP) is 3.06. The summed E-state index contributed by atoms with van der Waals surface area (Å²) in [5.41, 5.74) is -1.03. The molecule has 2 aromatic heterocycles. The third kappa shape index (κ3) is 3.97. The number of rotatable bonds is 6. The van der Waals surface area contributed by atoms with E-state index in [1.807, 2.05) is 0 Å². The maximum Gasteiger partial charge on any atom is 0.416 e. The van der Waals surface area contributed by atoms with Crippen LogP contribution in [0.25, 0.3) is 0 Å². The number of furan rings is 1. The highest BCUT2D eigenvalue weighted by molar-refractivity contribution is 7.89. The molecule has 0 aliphatic rings. The Bertz CT molecular complexity index is 918. The van der Waals surface area contributed by atoms with Gasteiger partial charge in [-0.3, -0.25) is 4.68 Å². The average molecular weight is 385 g/mol. The lowest BCUT2D eigenvalue weighted by molar-refractivity contribution is -0.137. The first kappa shape index (κ1) is 18.2. The summed E-state index contributed by atoms with van der Waals surface area (Å²) in [5, 5.41) is 4.07. The van der Waals surface area contributed by atoms with Gasteiger partial charge >= 0.3 is 6.18 Å². The van der Waals surface area contributed by atoms with Crippen molar-refractivity contribution < 1.29 is 26.0 Å². The average Bonchev–Trinajstić information content (AvgIpc) is 3.28. The molecule has 0 saturated carbocycles. The molecule has 1 N–H and O–H groups in total. The van der Waals surface area contributed by atoms with E-state index in [2.05, 4.69) is 9.82 Å². The number of nitrogens with zero attached hydrogens (tertiary/aromatic N) is 2. The fourth-order valence-corrected chi connectivity index (χ4v) is 3.47. The quantitative estimate of drug-likeness (QED) is 0.708. The zero-order valence-electron chi connectivity index (χ0n) is 13.2. The largest absolute Gasteiger partial charge is 0.467 e. The molecule has 3 aromatic rings. The molecule has 1 unspecified atom stereocenters. The van der Waals surface area contributed by atoms with Crippen LogP contribution in [0.3, 0.4) is 0 Å². The fourth-order valence-electron chi connectivity index (χ4n) is 2.38. The topological polar surface area (TPSA) is 77.1 Å². The Labute approximate surface area is 147 Å². The van der Waals surface area contributed by atoms with Crippen LogP contribution in [0.5, 0.6) is 0 Å². The molecule has 0 bridgehead atoms. The third-order valence-corrected chi connectivity index (χ3v) is 5.08. The van der Waals surface area contributed by atoms with Gasteiger partial charge in [0.15, 0.2) is 0 Å². The van der Waals surface area contributed by atoms with Crippen molar-refractivity contribution in [2.45, 2.75) is 17.1 Å². The van der Waals surface area contributed by atoms with E-state index < -0.39 is 32.7 Å². The summed E-state index contributed by atoms with van der Waals surface area (Å²) in [4.78, 5) is -0.467. The summed E-state index contributed by atoms with van der Waals surface area (Å²) in [7, 11) is -4.15. The van der Waals surface area contributed by atoms with Crippen molar-refractivity contribution >= 4 is 10.0 Å². The van der Waals surface area contributed by atoms with Crippen LogP contribution in [0.2, 0.25) is 0 Å².